The van der Waals surface area contributed by atoms with Crippen molar-refractivity contribution in [3.63, 3.8) is 0 Å². The number of carbonyl (C=O) groups is 1. The van der Waals surface area contributed by atoms with Gasteiger partial charge >= 0.3 is 0 Å². The van der Waals surface area contributed by atoms with E-state index in [1.54, 1.807) is 0 Å². The lowest BCUT2D eigenvalue weighted by Gasteiger charge is -2.26. The van der Waals surface area contributed by atoms with Gasteiger partial charge in [0.2, 0.25) is 0 Å². The summed E-state index contributed by atoms with van der Waals surface area (Å²) in [5, 5.41) is 9.97. The van der Waals surface area contributed by atoms with Crippen LogP contribution in [-0.4, -0.2) is 35.4 Å². The van der Waals surface area contributed by atoms with E-state index < -0.39 is 6.10 Å². The van der Waals surface area contributed by atoms with E-state index in [0.29, 0.717) is 29.4 Å². The van der Waals surface area contributed by atoms with E-state index in [-0.39, 0.29) is 0 Å². The first-order chi connectivity index (χ1) is 8.15. The molecule has 1 atom stereocenters. The molecule has 2 rings (SSSR count). The summed E-state index contributed by atoms with van der Waals surface area (Å²) in [6, 6.07) is 3.68. The number of rotatable bonds is 4. The molecule has 1 aliphatic rings. The molecule has 1 fully saturated rings. The van der Waals surface area contributed by atoms with Gasteiger partial charge in [0.25, 0.3) is 0 Å². The zero-order valence-electron chi connectivity index (χ0n) is 9.56. The number of Topliss-reactive ketones (excluding diaryl/α,β-unsaturated/α-hetero) is 1. The Bertz CT molecular complexity index is 384. The topological polar surface area (TPSA) is 40.5 Å². The van der Waals surface area contributed by atoms with Gasteiger partial charge in [-0.05, 0) is 18.6 Å². The normalized spacial score (nSPS) is 19.5. The van der Waals surface area contributed by atoms with Gasteiger partial charge in [-0.25, -0.2) is 0 Å². The number of aliphatic hydroxyl groups excluding tert-OH is 1. The Labute approximate surface area is 110 Å². The summed E-state index contributed by atoms with van der Waals surface area (Å²) in [6.07, 6.45) is 1.57. The molecular weight excluding hydrogens is 258 g/mol. The lowest BCUT2D eigenvalue weighted by molar-refractivity contribution is -0.121. The Morgan fingerprint density at radius 1 is 1.41 bits per heavy atom. The smallest absolute Gasteiger partial charge is 0.135 e. The van der Waals surface area contributed by atoms with Crippen molar-refractivity contribution < 1.29 is 9.90 Å². The highest BCUT2D eigenvalue weighted by Gasteiger charge is 2.17. The van der Waals surface area contributed by atoms with Crippen molar-refractivity contribution in [1.29, 1.82) is 0 Å². The molecule has 3 nitrogen and oxygen atoms in total. The number of halogens is 1. The average Bonchev–Trinajstić information content (AvgIpc) is 2.75. The minimum Gasteiger partial charge on any atom is -0.388 e. The fraction of sp³-hybridized carbons (Fsp3) is 0.583. The second-order valence-corrected chi connectivity index (χ2v) is 6.07. The SMILES string of the molecule is O=C1CCN(CCC(O)c2ccc(Cl)s2)CC1. The van der Waals surface area contributed by atoms with E-state index in [9.17, 15) is 9.90 Å². The van der Waals surface area contributed by atoms with E-state index in [0.717, 1.165) is 24.5 Å². The van der Waals surface area contributed by atoms with Crippen LogP contribution in [0.5, 0.6) is 0 Å². The highest BCUT2D eigenvalue weighted by Crippen LogP contribution is 2.28. The predicted molar refractivity (Wildman–Crippen MR) is 69.6 cm³/mol. The zero-order valence-corrected chi connectivity index (χ0v) is 11.1. The molecule has 2 heterocycles. The van der Waals surface area contributed by atoms with Crippen LogP contribution in [0.1, 0.15) is 30.2 Å². The van der Waals surface area contributed by atoms with Crippen molar-refractivity contribution in [1.82, 2.24) is 4.90 Å². The molecule has 0 aromatic carbocycles. The molecule has 1 aliphatic heterocycles. The third-order valence-corrected chi connectivity index (χ3v) is 4.39. The van der Waals surface area contributed by atoms with Crippen molar-refractivity contribution in [2.75, 3.05) is 19.6 Å². The first kappa shape index (κ1) is 13.0. The Morgan fingerprint density at radius 3 is 2.71 bits per heavy atom. The number of nitrogens with zero attached hydrogens (tertiary/aromatic N) is 1. The maximum Gasteiger partial charge on any atom is 0.135 e. The number of ketones is 1. The first-order valence-electron chi connectivity index (χ1n) is 5.82. The van der Waals surface area contributed by atoms with Gasteiger partial charge in [-0.1, -0.05) is 11.6 Å². The van der Waals surface area contributed by atoms with E-state index >= 15 is 0 Å². The van der Waals surface area contributed by atoms with Crippen LogP contribution >= 0.6 is 22.9 Å². The summed E-state index contributed by atoms with van der Waals surface area (Å²) in [4.78, 5) is 14.2. The highest BCUT2D eigenvalue weighted by atomic mass is 35.5. The van der Waals surface area contributed by atoms with Gasteiger partial charge in [0, 0.05) is 37.4 Å². The molecule has 0 radical (unpaired) electrons. The van der Waals surface area contributed by atoms with Crippen LogP contribution in [0.3, 0.4) is 0 Å². The Morgan fingerprint density at radius 2 is 2.12 bits per heavy atom. The molecule has 0 spiro atoms. The molecule has 5 heteroatoms. The Balaban J connectivity index is 1.76. The molecule has 1 aromatic rings. The Kier molecular flexibility index (Phi) is 4.56. The predicted octanol–water partition coefficient (Wildman–Crippen LogP) is 2.49. The molecule has 1 aromatic heterocycles. The summed E-state index contributed by atoms with van der Waals surface area (Å²) >= 11 is 7.25. The monoisotopic (exact) mass is 273 g/mol. The molecule has 94 valence electrons. The fourth-order valence-electron chi connectivity index (χ4n) is 1.98. The number of carbonyl (C=O) groups excluding carboxylic acids is 1. The summed E-state index contributed by atoms with van der Waals surface area (Å²) in [5.74, 6) is 0.354. The first-order valence-corrected chi connectivity index (χ1v) is 7.02. The van der Waals surface area contributed by atoms with Gasteiger partial charge in [-0.2, -0.15) is 0 Å². The van der Waals surface area contributed by atoms with Gasteiger partial charge in [0.15, 0.2) is 0 Å². The van der Waals surface area contributed by atoms with E-state index in [1.165, 1.54) is 11.3 Å². The largest absolute Gasteiger partial charge is 0.388 e. The average molecular weight is 274 g/mol. The lowest BCUT2D eigenvalue weighted by atomic mass is 10.1. The third kappa shape index (κ3) is 3.78. The number of thiophene rings is 1. The number of piperidine rings is 1. The quantitative estimate of drug-likeness (QED) is 0.916. The van der Waals surface area contributed by atoms with Gasteiger partial charge in [-0.3, -0.25) is 4.79 Å². The molecule has 17 heavy (non-hydrogen) atoms. The van der Waals surface area contributed by atoms with E-state index in [2.05, 4.69) is 4.90 Å². The van der Waals surface area contributed by atoms with Crippen LogP contribution in [0.2, 0.25) is 4.34 Å². The molecule has 0 aliphatic carbocycles. The van der Waals surface area contributed by atoms with Crippen LogP contribution in [0.15, 0.2) is 12.1 Å². The lowest BCUT2D eigenvalue weighted by Crippen LogP contribution is -2.35. The second kappa shape index (κ2) is 5.96. The number of hydrogen-bond acceptors (Lipinski definition) is 4. The van der Waals surface area contributed by atoms with Gasteiger partial charge < -0.3 is 10.0 Å². The van der Waals surface area contributed by atoms with Crippen LogP contribution in [-0.2, 0) is 4.79 Å². The summed E-state index contributed by atoms with van der Waals surface area (Å²) in [5.41, 5.74) is 0. The van der Waals surface area contributed by atoms with Crippen molar-refractivity contribution in [2.24, 2.45) is 0 Å². The summed E-state index contributed by atoms with van der Waals surface area (Å²) in [6.45, 7) is 2.50. The van der Waals surface area contributed by atoms with Crippen molar-refractivity contribution in [3.8, 4) is 0 Å². The van der Waals surface area contributed by atoms with Crippen LogP contribution in [0.4, 0.5) is 0 Å². The third-order valence-electron chi connectivity index (χ3n) is 3.05. The minimum absolute atomic E-state index is 0.354. The number of likely N-dealkylation sites (tertiary alicyclic amines) is 1. The molecule has 0 saturated carbocycles. The van der Waals surface area contributed by atoms with Gasteiger partial charge in [0.05, 0.1) is 10.4 Å². The second-order valence-electron chi connectivity index (χ2n) is 4.33. The fourth-order valence-corrected chi connectivity index (χ4v) is 3.06. The molecule has 0 amide bonds. The molecule has 1 unspecified atom stereocenters. The van der Waals surface area contributed by atoms with Crippen LogP contribution < -0.4 is 0 Å². The summed E-state index contributed by atoms with van der Waals surface area (Å²) in [7, 11) is 0. The molecule has 1 saturated heterocycles. The molecule has 0 bridgehead atoms. The van der Waals surface area contributed by atoms with Crippen LogP contribution in [0, 0.1) is 0 Å². The minimum atomic E-state index is -0.440. The standard InChI is InChI=1S/C12H16ClNO2S/c13-12-2-1-11(17-12)10(16)5-8-14-6-3-9(15)4-7-14/h1-2,10,16H,3-8H2. The zero-order chi connectivity index (χ0) is 12.3. The molecular formula is C12H16ClNO2S. The van der Waals surface area contributed by atoms with Crippen molar-refractivity contribution in [3.05, 3.63) is 21.3 Å². The summed E-state index contributed by atoms with van der Waals surface area (Å²) < 4.78 is 0.711. The molecule has 1 N–H and O–H groups in total. The highest BCUT2D eigenvalue weighted by molar-refractivity contribution is 7.16. The van der Waals surface area contributed by atoms with Gasteiger partial charge in [-0.15, -0.1) is 11.3 Å². The van der Waals surface area contributed by atoms with Crippen molar-refractivity contribution in [2.45, 2.75) is 25.4 Å². The maximum atomic E-state index is 11.1. The van der Waals surface area contributed by atoms with E-state index in [1.807, 2.05) is 12.1 Å². The van der Waals surface area contributed by atoms with Crippen molar-refractivity contribution >= 4 is 28.7 Å². The Hall–Kier alpha value is -0.420. The van der Waals surface area contributed by atoms with Gasteiger partial charge in [0.1, 0.15) is 5.78 Å². The maximum absolute atomic E-state index is 11.1. The van der Waals surface area contributed by atoms with E-state index in [4.69, 9.17) is 11.6 Å². The number of aliphatic hydroxyl groups is 1. The van der Waals surface area contributed by atoms with Crippen LogP contribution in [0.25, 0.3) is 0 Å². The number of hydrogen-bond donors (Lipinski definition) is 1.